The Bertz CT molecular complexity index is 1020. The Morgan fingerprint density at radius 3 is 2.67 bits per heavy atom. The van der Waals surface area contributed by atoms with Crippen molar-refractivity contribution in [1.29, 1.82) is 5.26 Å². The third kappa shape index (κ3) is 4.48. The third-order valence-electron chi connectivity index (χ3n) is 3.48. The predicted octanol–water partition coefficient (Wildman–Crippen LogP) is 3.67. The molecule has 2 N–H and O–H groups in total. The van der Waals surface area contributed by atoms with Crippen LogP contribution in [0.1, 0.15) is 15.9 Å². The van der Waals surface area contributed by atoms with Crippen LogP contribution >= 0.6 is 11.6 Å². The van der Waals surface area contributed by atoms with Gasteiger partial charge >= 0.3 is 5.97 Å². The first-order chi connectivity index (χ1) is 13.1. The van der Waals surface area contributed by atoms with Crippen molar-refractivity contribution in [1.82, 2.24) is 15.2 Å². The van der Waals surface area contributed by atoms with E-state index in [1.54, 1.807) is 36.4 Å². The molecule has 0 fully saturated rings. The zero-order valence-electron chi connectivity index (χ0n) is 14.1. The Kier molecular flexibility index (Phi) is 5.44. The molecule has 0 aliphatic carbocycles. The number of nitriles is 1. The van der Waals surface area contributed by atoms with Crippen molar-refractivity contribution in [3.8, 4) is 6.07 Å². The number of ether oxygens (including phenoxy) is 1. The lowest BCUT2D eigenvalue weighted by atomic mass is 10.2. The molecule has 0 spiro atoms. The van der Waals surface area contributed by atoms with E-state index in [-0.39, 0.29) is 5.95 Å². The summed E-state index contributed by atoms with van der Waals surface area (Å²) < 4.78 is 4.70. The summed E-state index contributed by atoms with van der Waals surface area (Å²) in [5.74, 6) is 0.153. The molecule has 0 radical (unpaired) electrons. The SMILES string of the molecule is COC(=O)c1ccc(Cl)c(Nc2nncc(Nc3ccc(C#N)cc3)n2)c1. The lowest BCUT2D eigenvalue weighted by Gasteiger charge is -2.10. The van der Waals surface area contributed by atoms with Gasteiger partial charge in [0.1, 0.15) is 0 Å². The number of hydrogen-bond acceptors (Lipinski definition) is 8. The minimum atomic E-state index is -0.481. The van der Waals surface area contributed by atoms with Crippen molar-refractivity contribution in [3.05, 3.63) is 64.8 Å². The molecule has 0 aliphatic rings. The molecule has 0 saturated carbocycles. The van der Waals surface area contributed by atoms with E-state index in [0.29, 0.717) is 27.7 Å². The molecule has 3 aromatic rings. The fourth-order valence-electron chi connectivity index (χ4n) is 2.18. The number of esters is 1. The minimum absolute atomic E-state index is 0.192. The van der Waals surface area contributed by atoms with Gasteiger partial charge in [-0.2, -0.15) is 15.3 Å². The summed E-state index contributed by atoms with van der Waals surface area (Å²) in [6.07, 6.45) is 1.45. The number of benzene rings is 2. The number of anilines is 4. The zero-order valence-corrected chi connectivity index (χ0v) is 14.9. The Labute approximate surface area is 159 Å². The standard InChI is InChI=1S/C18H13ClN6O2/c1-27-17(26)12-4-7-14(19)15(8-12)23-18-24-16(10-21-25-18)22-13-5-2-11(9-20)3-6-13/h2-8,10H,1H3,(H2,22,23,24,25). The van der Waals surface area contributed by atoms with E-state index in [0.717, 1.165) is 5.69 Å². The maximum Gasteiger partial charge on any atom is 0.337 e. The smallest absolute Gasteiger partial charge is 0.337 e. The van der Waals surface area contributed by atoms with E-state index >= 15 is 0 Å². The van der Waals surface area contributed by atoms with E-state index in [1.807, 2.05) is 0 Å². The van der Waals surface area contributed by atoms with Gasteiger partial charge in [-0.05, 0) is 42.5 Å². The molecule has 134 valence electrons. The molecule has 0 aliphatic heterocycles. The van der Waals surface area contributed by atoms with E-state index in [9.17, 15) is 4.79 Å². The molecular formula is C18H13ClN6O2. The summed E-state index contributed by atoms with van der Waals surface area (Å²) >= 11 is 6.16. The second-order valence-electron chi connectivity index (χ2n) is 5.29. The molecule has 0 bridgehead atoms. The number of aromatic nitrogens is 3. The van der Waals surface area contributed by atoms with E-state index in [4.69, 9.17) is 21.6 Å². The second-order valence-corrected chi connectivity index (χ2v) is 5.70. The minimum Gasteiger partial charge on any atom is -0.465 e. The molecule has 3 rings (SSSR count). The molecule has 0 saturated heterocycles. The van der Waals surface area contributed by atoms with Gasteiger partial charge in [-0.15, -0.1) is 5.10 Å². The van der Waals surface area contributed by atoms with Crippen LogP contribution in [0.3, 0.4) is 0 Å². The summed E-state index contributed by atoms with van der Waals surface area (Å²) in [6.45, 7) is 0. The van der Waals surface area contributed by atoms with Crippen LogP contribution in [0.2, 0.25) is 5.02 Å². The average molecular weight is 381 g/mol. The number of rotatable bonds is 5. The van der Waals surface area contributed by atoms with Gasteiger partial charge in [-0.25, -0.2) is 4.79 Å². The molecule has 9 heteroatoms. The van der Waals surface area contributed by atoms with Crippen LogP contribution < -0.4 is 10.6 Å². The summed E-state index contributed by atoms with van der Waals surface area (Å²) in [5.41, 5.74) is 2.08. The average Bonchev–Trinajstić information content (AvgIpc) is 2.70. The summed E-state index contributed by atoms with van der Waals surface area (Å²) in [5, 5.41) is 23.0. The largest absolute Gasteiger partial charge is 0.465 e. The first-order valence-electron chi connectivity index (χ1n) is 7.71. The van der Waals surface area contributed by atoms with Gasteiger partial charge in [0.2, 0.25) is 5.95 Å². The van der Waals surface area contributed by atoms with Gasteiger partial charge in [0, 0.05) is 5.69 Å². The molecular weight excluding hydrogens is 368 g/mol. The number of hydrogen-bond donors (Lipinski definition) is 2. The van der Waals surface area contributed by atoms with Crippen LogP contribution in [0.5, 0.6) is 0 Å². The van der Waals surface area contributed by atoms with Crippen molar-refractivity contribution in [2.24, 2.45) is 0 Å². The van der Waals surface area contributed by atoms with Crippen molar-refractivity contribution in [3.63, 3.8) is 0 Å². The number of carbonyl (C=O) groups excluding carboxylic acids is 1. The molecule has 0 unspecified atom stereocenters. The topological polar surface area (TPSA) is 113 Å². The number of nitrogens with zero attached hydrogens (tertiary/aromatic N) is 4. The van der Waals surface area contributed by atoms with Crippen LogP contribution in [0.25, 0.3) is 0 Å². The van der Waals surface area contributed by atoms with Crippen molar-refractivity contribution >= 4 is 40.7 Å². The van der Waals surface area contributed by atoms with Gasteiger partial charge in [0.15, 0.2) is 5.82 Å². The lowest BCUT2D eigenvalue weighted by Crippen LogP contribution is -2.05. The van der Waals surface area contributed by atoms with Crippen molar-refractivity contribution in [2.45, 2.75) is 0 Å². The zero-order chi connectivity index (χ0) is 19.2. The quantitative estimate of drug-likeness (QED) is 0.644. The normalized spacial score (nSPS) is 9.96. The molecule has 27 heavy (non-hydrogen) atoms. The molecule has 1 aromatic heterocycles. The predicted molar refractivity (Wildman–Crippen MR) is 100 cm³/mol. The van der Waals surface area contributed by atoms with Crippen molar-refractivity contribution < 1.29 is 9.53 Å². The van der Waals surface area contributed by atoms with Crippen LogP contribution in [-0.2, 0) is 4.74 Å². The summed E-state index contributed by atoms with van der Waals surface area (Å²) in [7, 11) is 1.30. The van der Waals surface area contributed by atoms with Crippen LogP contribution in [0.4, 0.5) is 23.1 Å². The highest BCUT2D eigenvalue weighted by Gasteiger charge is 2.11. The molecule has 0 atom stereocenters. The highest BCUT2D eigenvalue weighted by Crippen LogP contribution is 2.26. The van der Waals surface area contributed by atoms with E-state index < -0.39 is 5.97 Å². The summed E-state index contributed by atoms with van der Waals surface area (Å²) in [6, 6.07) is 13.6. The van der Waals surface area contributed by atoms with Gasteiger partial charge < -0.3 is 15.4 Å². The van der Waals surface area contributed by atoms with E-state index in [1.165, 1.54) is 19.4 Å². The second kappa shape index (κ2) is 8.12. The highest BCUT2D eigenvalue weighted by atomic mass is 35.5. The summed E-state index contributed by atoms with van der Waals surface area (Å²) in [4.78, 5) is 16.0. The number of carbonyl (C=O) groups is 1. The van der Waals surface area contributed by atoms with Crippen molar-refractivity contribution in [2.75, 3.05) is 17.7 Å². The monoisotopic (exact) mass is 380 g/mol. The number of methoxy groups -OCH3 is 1. The van der Waals surface area contributed by atoms with Crippen LogP contribution in [0.15, 0.2) is 48.7 Å². The maximum absolute atomic E-state index is 11.7. The van der Waals surface area contributed by atoms with Crippen LogP contribution in [0, 0.1) is 11.3 Å². The first-order valence-corrected chi connectivity index (χ1v) is 8.08. The van der Waals surface area contributed by atoms with Gasteiger partial charge in [-0.1, -0.05) is 11.6 Å². The Morgan fingerprint density at radius 2 is 1.96 bits per heavy atom. The maximum atomic E-state index is 11.7. The van der Waals surface area contributed by atoms with Gasteiger partial charge in [0.05, 0.1) is 41.2 Å². The first kappa shape index (κ1) is 18.1. The Hall–Kier alpha value is -3.70. The van der Waals surface area contributed by atoms with Crippen LogP contribution in [-0.4, -0.2) is 28.3 Å². The molecule has 2 aromatic carbocycles. The number of nitrogens with one attached hydrogen (secondary N) is 2. The Morgan fingerprint density at radius 1 is 1.19 bits per heavy atom. The third-order valence-corrected chi connectivity index (χ3v) is 3.81. The fraction of sp³-hybridized carbons (Fsp3) is 0.0556. The lowest BCUT2D eigenvalue weighted by molar-refractivity contribution is 0.0601. The van der Waals surface area contributed by atoms with Gasteiger partial charge in [0.25, 0.3) is 0 Å². The fourth-order valence-corrected chi connectivity index (χ4v) is 2.34. The van der Waals surface area contributed by atoms with E-state index in [2.05, 4.69) is 31.9 Å². The molecule has 1 heterocycles. The van der Waals surface area contributed by atoms with Gasteiger partial charge in [-0.3, -0.25) is 0 Å². The molecule has 0 amide bonds. The molecule has 8 nitrogen and oxygen atoms in total. The Balaban J connectivity index is 1.79. The highest BCUT2D eigenvalue weighted by molar-refractivity contribution is 6.33. The number of halogens is 1.